The predicted octanol–water partition coefficient (Wildman–Crippen LogP) is 4.25. The van der Waals surface area contributed by atoms with Crippen molar-refractivity contribution in [3.63, 3.8) is 0 Å². The van der Waals surface area contributed by atoms with Gasteiger partial charge in [0.25, 0.3) is 0 Å². The summed E-state index contributed by atoms with van der Waals surface area (Å²) in [5.41, 5.74) is 10.3. The Balaban J connectivity index is 1.92. The lowest BCUT2D eigenvalue weighted by Gasteiger charge is -2.06. The number of hydrogen-bond donors (Lipinski definition) is 1. The minimum absolute atomic E-state index is 0.737. The van der Waals surface area contributed by atoms with Gasteiger partial charge in [-0.25, -0.2) is 4.98 Å². The van der Waals surface area contributed by atoms with Crippen LogP contribution < -0.4 is 5.73 Å². The molecule has 0 aliphatic rings. The molecule has 23 heavy (non-hydrogen) atoms. The minimum atomic E-state index is 0.737. The molecule has 0 saturated carbocycles. The number of aromatic nitrogens is 2. The maximum atomic E-state index is 5.63. The molecule has 0 bridgehead atoms. The third-order valence-corrected chi connectivity index (χ3v) is 4.02. The smallest absolute Gasteiger partial charge is 0.133 e. The molecule has 0 aliphatic carbocycles. The van der Waals surface area contributed by atoms with E-state index in [1.54, 1.807) is 0 Å². The van der Waals surface area contributed by atoms with Crippen molar-refractivity contribution in [3.05, 3.63) is 65.5 Å². The number of fused-ring (bicyclic) bond motifs is 1. The van der Waals surface area contributed by atoms with E-state index >= 15 is 0 Å². The van der Waals surface area contributed by atoms with Crippen molar-refractivity contribution in [3.8, 4) is 0 Å². The summed E-state index contributed by atoms with van der Waals surface area (Å²) in [6.07, 6.45) is 6.34. The highest BCUT2D eigenvalue weighted by atomic mass is 15.1. The first-order valence-corrected chi connectivity index (χ1v) is 8.18. The summed E-state index contributed by atoms with van der Waals surface area (Å²) in [6.45, 7) is 3.79. The van der Waals surface area contributed by atoms with Crippen molar-refractivity contribution >= 4 is 23.2 Å². The number of hydrogen-bond acceptors (Lipinski definition) is 2. The van der Waals surface area contributed by atoms with Gasteiger partial charge in [0, 0.05) is 6.54 Å². The molecular weight excluding hydrogens is 282 g/mol. The fraction of sp³-hybridized carbons (Fsp3) is 0.250. The van der Waals surface area contributed by atoms with Crippen LogP contribution in [0.25, 0.3) is 23.2 Å². The third kappa shape index (κ3) is 3.69. The molecule has 0 saturated heterocycles. The largest absolute Gasteiger partial charge is 0.330 e. The van der Waals surface area contributed by atoms with E-state index in [0.717, 1.165) is 37.3 Å². The zero-order valence-electron chi connectivity index (χ0n) is 13.6. The molecule has 1 heterocycles. The van der Waals surface area contributed by atoms with Gasteiger partial charge in [-0.2, -0.15) is 0 Å². The Morgan fingerprint density at radius 3 is 2.57 bits per heavy atom. The topological polar surface area (TPSA) is 43.8 Å². The number of benzene rings is 2. The Labute approximate surface area is 137 Å². The zero-order chi connectivity index (χ0) is 16.1. The minimum Gasteiger partial charge on any atom is -0.330 e. The number of unbranched alkanes of at least 4 members (excludes halogenated alkanes) is 1. The Morgan fingerprint density at radius 1 is 1.00 bits per heavy atom. The van der Waals surface area contributed by atoms with Gasteiger partial charge in [0.05, 0.1) is 11.0 Å². The number of nitrogens with zero attached hydrogens (tertiary/aromatic N) is 2. The molecule has 0 radical (unpaired) electrons. The second-order valence-corrected chi connectivity index (χ2v) is 5.85. The number of imidazole rings is 1. The first kappa shape index (κ1) is 15.5. The highest BCUT2D eigenvalue weighted by molar-refractivity contribution is 5.79. The Kier molecular flexibility index (Phi) is 4.89. The quantitative estimate of drug-likeness (QED) is 0.692. The van der Waals surface area contributed by atoms with Gasteiger partial charge < -0.3 is 10.3 Å². The highest BCUT2D eigenvalue weighted by Gasteiger charge is 2.07. The van der Waals surface area contributed by atoms with Gasteiger partial charge in [-0.3, -0.25) is 0 Å². The van der Waals surface area contributed by atoms with Crippen LogP contribution in [0.15, 0.2) is 48.5 Å². The van der Waals surface area contributed by atoms with Crippen LogP contribution in [0, 0.1) is 6.92 Å². The highest BCUT2D eigenvalue weighted by Crippen LogP contribution is 2.19. The summed E-state index contributed by atoms with van der Waals surface area (Å²) >= 11 is 0. The molecule has 3 aromatic rings. The van der Waals surface area contributed by atoms with E-state index in [4.69, 9.17) is 10.7 Å². The second-order valence-electron chi connectivity index (χ2n) is 5.85. The van der Waals surface area contributed by atoms with Crippen LogP contribution in [0.1, 0.15) is 29.8 Å². The van der Waals surface area contributed by atoms with Crippen molar-refractivity contribution in [2.75, 3.05) is 6.54 Å². The van der Waals surface area contributed by atoms with Crippen LogP contribution in [0.2, 0.25) is 0 Å². The molecule has 0 fully saturated rings. The van der Waals surface area contributed by atoms with E-state index < -0.39 is 0 Å². The van der Waals surface area contributed by atoms with Crippen LogP contribution in [-0.4, -0.2) is 16.1 Å². The van der Waals surface area contributed by atoms with Gasteiger partial charge in [0.1, 0.15) is 5.82 Å². The Morgan fingerprint density at radius 2 is 1.78 bits per heavy atom. The lowest BCUT2D eigenvalue weighted by molar-refractivity contribution is 0.623. The predicted molar refractivity (Wildman–Crippen MR) is 98.1 cm³/mol. The first-order valence-electron chi connectivity index (χ1n) is 8.18. The summed E-state index contributed by atoms with van der Waals surface area (Å²) < 4.78 is 2.29. The number of nitrogens with two attached hydrogens (primary N) is 1. The van der Waals surface area contributed by atoms with Gasteiger partial charge in [0.15, 0.2) is 0 Å². The van der Waals surface area contributed by atoms with Crippen LogP contribution in [-0.2, 0) is 6.54 Å². The van der Waals surface area contributed by atoms with Crippen molar-refractivity contribution in [2.45, 2.75) is 26.3 Å². The number of rotatable bonds is 6. The summed E-state index contributed by atoms with van der Waals surface area (Å²) in [5, 5.41) is 0. The molecule has 0 unspecified atom stereocenters. The normalized spacial score (nSPS) is 11.6. The SMILES string of the molecule is Cc1ccc(/C=C/c2nc3ccccc3n2CCCCN)cc1. The van der Waals surface area contributed by atoms with Crippen molar-refractivity contribution in [1.82, 2.24) is 9.55 Å². The van der Waals surface area contributed by atoms with Gasteiger partial charge in [-0.15, -0.1) is 0 Å². The van der Waals surface area contributed by atoms with E-state index in [2.05, 4.69) is 66.1 Å². The standard InChI is InChI=1S/C20H23N3/c1-16-8-10-17(11-9-16)12-13-20-22-18-6-2-3-7-19(18)23(20)15-5-4-14-21/h2-3,6-13H,4-5,14-15,21H2,1H3/b13-12+. The third-order valence-electron chi connectivity index (χ3n) is 4.02. The molecule has 3 rings (SSSR count). The molecule has 118 valence electrons. The maximum absolute atomic E-state index is 5.63. The second kappa shape index (κ2) is 7.25. The summed E-state index contributed by atoms with van der Waals surface area (Å²) in [4.78, 5) is 4.77. The average molecular weight is 305 g/mol. The Hall–Kier alpha value is -2.39. The number of para-hydroxylation sites is 2. The van der Waals surface area contributed by atoms with E-state index in [1.807, 2.05) is 6.07 Å². The molecule has 3 heteroatoms. The summed E-state index contributed by atoms with van der Waals surface area (Å²) in [7, 11) is 0. The molecule has 2 N–H and O–H groups in total. The molecule has 0 amide bonds. The van der Waals surface area contributed by atoms with Crippen LogP contribution in [0.3, 0.4) is 0 Å². The van der Waals surface area contributed by atoms with E-state index in [0.29, 0.717) is 0 Å². The van der Waals surface area contributed by atoms with Crippen molar-refractivity contribution in [2.24, 2.45) is 5.73 Å². The van der Waals surface area contributed by atoms with Crippen molar-refractivity contribution < 1.29 is 0 Å². The van der Waals surface area contributed by atoms with Crippen LogP contribution in [0.5, 0.6) is 0 Å². The van der Waals surface area contributed by atoms with E-state index in [-0.39, 0.29) is 0 Å². The van der Waals surface area contributed by atoms with Gasteiger partial charge in [-0.05, 0) is 50.1 Å². The fourth-order valence-corrected chi connectivity index (χ4v) is 2.72. The van der Waals surface area contributed by atoms with Gasteiger partial charge in [-0.1, -0.05) is 48.0 Å². The summed E-state index contributed by atoms with van der Waals surface area (Å²) in [6, 6.07) is 16.8. The molecule has 0 atom stereocenters. The lowest BCUT2D eigenvalue weighted by Crippen LogP contribution is -2.04. The van der Waals surface area contributed by atoms with Gasteiger partial charge >= 0.3 is 0 Å². The zero-order valence-corrected chi connectivity index (χ0v) is 13.6. The van der Waals surface area contributed by atoms with E-state index in [9.17, 15) is 0 Å². The number of aryl methyl sites for hydroxylation is 2. The van der Waals surface area contributed by atoms with Crippen LogP contribution >= 0.6 is 0 Å². The molecule has 3 nitrogen and oxygen atoms in total. The lowest BCUT2D eigenvalue weighted by atomic mass is 10.1. The Bertz CT molecular complexity index is 797. The monoisotopic (exact) mass is 305 g/mol. The molecule has 1 aromatic heterocycles. The summed E-state index contributed by atoms with van der Waals surface area (Å²) in [5.74, 6) is 1.00. The molecule has 0 aliphatic heterocycles. The molecular formula is C20H23N3. The maximum Gasteiger partial charge on any atom is 0.133 e. The van der Waals surface area contributed by atoms with Gasteiger partial charge in [0.2, 0.25) is 0 Å². The molecule has 0 spiro atoms. The van der Waals surface area contributed by atoms with Crippen LogP contribution in [0.4, 0.5) is 0 Å². The average Bonchev–Trinajstić information content (AvgIpc) is 2.93. The fourth-order valence-electron chi connectivity index (χ4n) is 2.72. The van der Waals surface area contributed by atoms with Crippen molar-refractivity contribution in [1.29, 1.82) is 0 Å². The molecule has 2 aromatic carbocycles. The first-order chi connectivity index (χ1) is 11.3. The van der Waals surface area contributed by atoms with E-state index in [1.165, 1.54) is 16.6 Å².